The van der Waals surface area contributed by atoms with Crippen LogP contribution in [0.15, 0.2) is 30.7 Å². The first kappa shape index (κ1) is 19.0. The first-order valence-corrected chi connectivity index (χ1v) is 10.5. The zero-order chi connectivity index (χ0) is 20.7. The average Bonchev–Trinajstić information content (AvgIpc) is 3.40. The van der Waals surface area contributed by atoms with Gasteiger partial charge in [-0.3, -0.25) is 4.68 Å². The van der Waals surface area contributed by atoms with Crippen molar-refractivity contribution in [2.75, 3.05) is 28.6 Å². The van der Waals surface area contributed by atoms with Crippen LogP contribution in [0, 0.1) is 18.8 Å². The molecule has 2 atom stereocenters. The van der Waals surface area contributed by atoms with Crippen LogP contribution in [0.4, 0.5) is 23.3 Å². The van der Waals surface area contributed by atoms with Gasteiger partial charge >= 0.3 is 0 Å². The Kier molecular flexibility index (Phi) is 4.90. The molecule has 2 fully saturated rings. The Hall–Kier alpha value is -2.94. The van der Waals surface area contributed by atoms with Crippen molar-refractivity contribution in [1.82, 2.24) is 29.9 Å². The number of halogens is 1. The minimum absolute atomic E-state index is 0.352. The summed E-state index contributed by atoms with van der Waals surface area (Å²) in [5.74, 6) is 3.42. The van der Waals surface area contributed by atoms with Crippen molar-refractivity contribution >= 4 is 34.9 Å². The lowest BCUT2D eigenvalue weighted by molar-refractivity contribution is 0.494. The van der Waals surface area contributed by atoms with Crippen molar-refractivity contribution in [1.29, 1.82) is 0 Å². The van der Waals surface area contributed by atoms with Crippen molar-refractivity contribution < 1.29 is 0 Å². The Morgan fingerprint density at radius 3 is 2.57 bits per heavy atom. The van der Waals surface area contributed by atoms with E-state index >= 15 is 0 Å². The van der Waals surface area contributed by atoms with Gasteiger partial charge in [0.15, 0.2) is 11.6 Å². The molecule has 0 bridgehead atoms. The second-order valence-electron chi connectivity index (χ2n) is 8.19. The molecule has 2 unspecified atom stereocenters. The monoisotopic (exact) mass is 425 g/mol. The molecule has 5 rings (SSSR count). The number of aromatic nitrogens is 6. The Morgan fingerprint density at radius 1 is 1.10 bits per heavy atom. The first-order chi connectivity index (χ1) is 14.5. The molecule has 0 spiro atoms. The van der Waals surface area contributed by atoms with Gasteiger partial charge < -0.3 is 15.5 Å². The summed E-state index contributed by atoms with van der Waals surface area (Å²) in [6.07, 6.45) is 7.41. The zero-order valence-electron chi connectivity index (χ0n) is 17.0. The van der Waals surface area contributed by atoms with Gasteiger partial charge in [-0.05, 0) is 43.7 Å². The van der Waals surface area contributed by atoms with Crippen LogP contribution in [0.2, 0.25) is 5.02 Å². The van der Waals surface area contributed by atoms with E-state index in [0.717, 1.165) is 43.1 Å². The second-order valence-corrected chi connectivity index (χ2v) is 8.60. The van der Waals surface area contributed by atoms with Gasteiger partial charge in [-0.1, -0.05) is 11.6 Å². The minimum atomic E-state index is 0.352. The molecule has 1 saturated heterocycles. The molecule has 2 aliphatic rings. The predicted molar refractivity (Wildman–Crippen MR) is 116 cm³/mol. The maximum Gasteiger partial charge on any atom is 0.229 e. The van der Waals surface area contributed by atoms with Crippen molar-refractivity contribution in [3.05, 3.63) is 41.4 Å². The fourth-order valence-corrected chi connectivity index (χ4v) is 4.65. The van der Waals surface area contributed by atoms with Crippen LogP contribution in [0.3, 0.4) is 0 Å². The van der Waals surface area contributed by atoms with E-state index in [4.69, 9.17) is 11.6 Å². The van der Waals surface area contributed by atoms with Crippen LogP contribution in [0.25, 0.3) is 0 Å². The van der Waals surface area contributed by atoms with E-state index in [1.807, 2.05) is 26.2 Å². The fourth-order valence-electron chi connectivity index (χ4n) is 4.50. The maximum atomic E-state index is 6.36. The fraction of sp³-hybridized carbons (Fsp3) is 0.450. The third kappa shape index (κ3) is 3.89. The van der Waals surface area contributed by atoms with Crippen LogP contribution in [0.5, 0.6) is 0 Å². The Morgan fingerprint density at radius 2 is 1.90 bits per heavy atom. The molecule has 9 nitrogen and oxygen atoms in total. The summed E-state index contributed by atoms with van der Waals surface area (Å²) in [4.78, 5) is 11.2. The van der Waals surface area contributed by atoms with Crippen LogP contribution in [-0.4, -0.2) is 49.1 Å². The summed E-state index contributed by atoms with van der Waals surface area (Å²) in [6, 6.07) is 4.44. The Balaban J connectivity index is 1.22. The van der Waals surface area contributed by atoms with Crippen LogP contribution in [-0.2, 0) is 7.05 Å². The van der Waals surface area contributed by atoms with E-state index in [1.54, 1.807) is 17.1 Å². The van der Waals surface area contributed by atoms with Gasteiger partial charge in [0, 0.05) is 32.4 Å². The molecule has 1 aliphatic heterocycles. The van der Waals surface area contributed by atoms with E-state index in [0.29, 0.717) is 34.7 Å². The molecule has 1 saturated carbocycles. The minimum Gasteiger partial charge on any atom is -0.366 e. The van der Waals surface area contributed by atoms with Gasteiger partial charge in [-0.15, -0.1) is 5.10 Å². The van der Waals surface area contributed by atoms with E-state index in [1.165, 1.54) is 0 Å². The summed E-state index contributed by atoms with van der Waals surface area (Å²) in [5, 5.41) is 19.9. The number of fused-ring (bicyclic) bond motifs is 1. The quantitative estimate of drug-likeness (QED) is 0.643. The first-order valence-electron chi connectivity index (χ1n) is 10.1. The number of hydrogen-bond acceptors (Lipinski definition) is 8. The normalized spacial score (nSPS) is 22.9. The number of nitrogens with one attached hydrogen (secondary N) is 2. The molecule has 4 heterocycles. The largest absolute Gasteiger partial charge is 0.366 e. The summed E-state index contributed by atoms with van der Waals surface area (Å²) >= 11 is 6.36. The predicted octanol–water partition coefficient (Wildman–Crippen LogP) is 3.03. The molecular formula is C20H24ClN9. The summed E-state index contributed by atoms with van der Waals surface area (Å²) in [7, 11) is 1.87. The van der Waals surface area contributed by atoms with Gasteiger partial charge in [0.1, 0.15) is 5.02 Å². The molecule has 3 aromatic rings. The van der Waals surface area contributed by atoms with Crippen molar-refractivity contribution in [3.8, 4) is 0 Å². The lowest BCUT2D eigenvalue weighted by Crippen LogP contribution is -2.26. The number of hydrogen-bond donors (Lipinski definition) is 2. The van der Waals surface area contributed by atoms with Crippen LogP contribution in [0.1, 0.15) is 18.5 Å². The lowest BCUT2D eigenvalue weighted by atomic mass is 10.0. The van der Waals surface area contributed by atoms with Gasteiger partial charge in [0.25, 0.3) is 0 Å². The highest BCUT2D eigenvalue weighted by Crippen LogP contribution is 2.40. The molecular weight excluding hydrogens is 402 g/mol. The molecule has 156 valence electrons. The Labute approximate surface area is 179 Å². The topological polar surface area (TPSA) is 96.7 Å². The smallest absolute Gasteiger partial charge is 0.229 e. The molecule has 3 aromatic heterocycles. The molecule has 0 radical (unpaired) electrons. The van der Waals surface area contributed by atoms with Crippen LogP contribution >= 0.6 is 11.6 Å². The third-order valence-electron chi connectivity index (χ3n) is 5.90. The van der Waals surface area contributed by atoms with Gasteiger partial charge in [-0.25, -0.2) is 4.98 Å². The standard InChI is InChI=1S/C20H24ClN9/c1-12-3-4-18(28-27-12)30-9-13-5-15(6-14(13)10-30)24-19-17(21)8-22-20(26-19)25-16-7-23-29(2)11-16/h3-4,7-8,11,13-15H,5-6,9-10H2,1-2H3,(H2,22,24,25,26). The average molecular weight is 426 g/mol. The molecule has 30 heavy (non-hydrogen) atoms. The molecule has 2 N–H and O–H groups in total. The molecule has 10 heteroatoms. The van der Waals surface area contributed by atoms with Gasteiger partial charge in [0.05, 0.1) is 23.8 Å². The van der Waals surface area contributed by atoms with Crippen molar-refractivity contribution in [2.24, 2.45) is 18.9 Å². The van der Waals surface area contributed by atoms with Crippen molar-refractivity contribution in [3.63, 3.8) is 0 Å². The highest BCUT2D eigenvalue weighted by Gasteiger charge is 2.41. The highest BCUT2D eigenvalue weighted by molar-refractivity contribution is 6.32. The van der Waals surface area contributed by atoms with Crippen LogP contribution < -0.4 is 15.5 Å². The zero-order valence-corrected chi connectivity index (χ0v) is 17.7. The summed E-state index contributed by atoms with van der Waals surface area (Å²) in [5.41, 5.74) is 1.78. The number of anilines is 4. The Bertz CT molecular complexity index is 1020. The molecule has 0 amide bonds. The lowest BCUT2D eigenvalue weighted by Gasteiger charge is -2.21. The third-order valence-corrected chi connectivity index (χ3v) is 6.18. The maximum absolute atomic E-state index is 6.36. The number of nitrogens with zero attached hydrogens (tertiary/aromatic N) is 7. The molecule has 0 aromatic carbocycles. The second kappa shape index (κ2) is 7.71. The van der Waals surface area contributed by atoms with Gasteiger partial charge in [-0.2, -0.15) is 15.2 Å². The van der Waals surface area contributed by atoms with E-state index < -0.39 is 0 Å². The summed E-state index contributed by atoms with van der Waals surface area (Å²) in [6.45, 7) is 4.00. The highest BCUT2D eigenvalue weighted by atomic mass is 35.5. The van der Waals surface area contributed by atoms with Crippen molar-refractivity contribution in [2.45, 2.75) is 25.8 Å². The van der Waals surface area contributed by atoms with Gasteiger partial charge in [0.2, 0.25) is 5.95 Å². The van der Waals surface area contributed by atoms with E-state index in [9.17, 15) is 0 Å². The molecule has 1 aliphatic carbocycles. The SMILES string of the molecule is Cc1ccc(N2CC3CC(Nc4nc(Nc5cnn(C)c5)ncc4Cl)CC3C2)nn1. The summed E-state index contributed by atoms with van der Waals surface area (Å²) < 4.78 is 1.72. The number of rotatable bonds is 5. The van der Waals surface area contributed by atoms with E-state index in [2.05, 4.69) is 46.9 Å². The van der Waals surface area contributed by atoms with E-state index in [-0.39, 0.29) is 0 Å². The number of aryl methyl sites for hydroxylation is 2.